The van der Waals surface area contributed by atoms with Gasteiger partial charge in [-0.3, -0.25) is 0 Å². The molecule has 2 rings (SSSR count). The molecule has 0 aliphatic rings. The first-order valence-electron chi connectivity index (χ1n) is 5.28. The smallest absolute Gasteiger partial charge is 0.337 e. The topological polar surface area (TPSA) is 52.1 Å². The molecule has 1 aromatic heterocycles. The van der Waals surface area contributed by atoms with Crippen molar-refractivity contribution in [1.82, 2.24) is 9.97 Å². The van der Waals surface area contributed by atoms with Crippen LogP contribution in [0.5, 0.6) is 0 Å². The van der Waals surface area contributed by atoms with E-state index in [1.54, 1.807) is 24.5 Å². The molecule has 0 bridgehead atoms. The second-order valence-corrected chi connectivity index (χ2v) is 4.72. The highest BCUT2D eigenvalue weighted by atomic mass is 79.9. The maximum absolute atomic E-state index is 11.5. The average Bonchev–Trinajstić information content (AvgIpc) is 2.38. The van der Waals surface area contributed by atoms with E-state index >= 15 is 0 Å². The van der Waals surface area contributed by atoms with E-state index in [0.717, 1.165) is 15.6 Å². The number of nitrogens with zero attached hydrogens (tertiary/aromatic N) is 2. The zero-order valence-corrected chi connectivity index (χ0v) is 11.6. The van der Waals surface area contributed by atoms with E-state index in [0.29, 0.717) is 11.4 Å². The number of methoxy groups -OCH3 is 1. The van der Waals surface area contributed by atoms with Crippen LogP contribution in [-0.4, -0.2) is 23.0 Å². The van der Waals surface area contributed by atoms with Crippen molar-refractivity contribution in [3.8, 4) is 11.4 Å². The molecular formula is C13H11BrN2O2. The SMILES string of the molecule is COC(=O)c1cc(C)cc(-c2ncc(Br)cn2)c1. The molecule has 0 unspecified atom stereocenters. The molecule has 0 amide bonds. The van der Waals surface area contributed by atoms with Crippen molar-refractivity contribution in [3.05, 3.63) is 46.2 Å². The van der Waals surface area contributed by atoms with E-state index in [1.165, 1.54) is 7.11 Å². The van der Waals surface area contributed by atoms with Crippen molar-refractivity contribution in [2.24, 2.45) is 0 Å². The Morgan fingerprint density at radius 3 is 2.50 bits per heavy atom. The molecule has 4 nitrogen and oxygen atoms in total. The summed E-state index contributed by atoms with van der Waals surface area (Å²) in [7, 11) is 1.36. The summed E-state index contributed by atoms with van der Waals surface area (Å²) in [6.45, 7) is 1.91. The number of benzene rings is 1. The lowest BCUT2D eigenvalue weighted by Crippen LogP contribution is -2.02. The second-order valence-electron chi connectivity index (χ2n) is 3.80. The van der Waals surface area contributed by atoms with Crippen LogP contribution in [0.25, 0.3) is 11.4 Å². The van der Waals surface area contributed by atoms with Gasteiger partial charge in [0.25, 0.3) is 0 Å². The van der Waals surface area contributed by atoms with Gasteiger partial charge in [0.15, 0.2) is 5.82 Å². The zero-order chi connectivity index (χ0) is 13.1. The third-order valence-electron chi connectivity index (χ3n) is 2.38. The Labute approximate surface area is 113 Å². The lowest BCUT2D eigenvalue weighted by Gasteiger charge is -2.05. The number of hydrogen-bond acceptors (Lipinski definition) is 4. The minimum atomic E-state index is -0.364. The van der Waals surface area contributed by atoms with Crippen LogP contribution in [0.4, 0.5) is 0 Å². The first-order valence-corrected chi connectivity index (χ1v) is 6.07. The molecule has 0 saturated heterocycles. The maximum atomic E-state index is 11.5. The van der Waals surface area contributed by atoms with Crippen molar-refractivity contribution < 1.29 is 9.53 Å². The maximum Gasteiger partial charge on any atom is 0.337 e. The van der Waals surface area contributed by atoms with E-state index < -0.39 is 0 Å². The van der Waals surface area contributed by atoms with Crippen LogP contribution in [0.3, 0.4) is 0 Å². The molecule has 1 aromatic carbocycles. The standard InChI is InChI=1S/C13H11BrN2O2/c1-8-3-9(5-10(4-8)13(17)18-2)12-15-6-11(14)7-16-12/h3-7H,1-2H3. The monoisotopic (exact) mass is 306 g/mol. The summed E-state index contributed by atoms with van der Waals surface area (Å²) in [5.41, 5.74) is 2.25. The van der Waals surface area contributed by atoms with E-state index in [1.807, 2.05) is 13.0 Å². The van der Waals surface area contributed by atoms with Crippen LogP contribution in [0, 0.1) is 6.92 Å². The summed E-state index contributed by atoms with van der Waals surface area (Å²) in [6.07, 6.45) is 3.34. The fourth-order valence-electron chi connectivity index (χ4n) is 1.61. The summed E-state index contributed by atoms with van der Waals surface area (Å²) < 4.78 is 5.53. The molecular weight excluding hydrogens is 296 g/mol. The van der Waals surface area contributed by atoms with Crippen LogP contribution in [-0.2, 0) is 4.74 Å². The molecule has 0 N–H and O–H groups in total. The molecule has 0 aliphatic carbocycles. The fourth-order valence-corrected chi connectivity index (χ4v) is 1.81. The van der Waals surface area contributed by atoms with Crippen LogP contribution < -0.4 is 0 Å². The number of esters is 1. The van der Waals surface area contributed by atoms with Crippen molar-refractivity contribution in [1.29, 1.82) is 0 Å². The normalized spacial score (nSPS) is 10.2. The van der Waals surface area contributed by atoms with Gasteiger partial charge in [0.1, 0.15) is 0 Å². The van der Waals surface area contributed by atoms with Gasteiger partial charge in [-0.25, -0.2) is 14.8 Å². The minimum absolute atomic E-state index is 0.364. The minimum Gasteiger partial charge on any atom is -0.465 e. The molecule has 0 spiro atoms. The van der Waals surface area contributed by atoms with Crippen molar-refractivity contribution in [3.63, 3.8) is 0 Å². The molecule has 0 aliphatic heterocycles. The van der Waals surface area contributed by atoms with Gasteiger partial charge in [-0.05, 0) is 46.6 Å². The Balaban J connectivity index is 2.48. The van der Waals surface area contributed by atoms with Crippen LogP contribution in [0.2, 0.25) is 0 Å². The van der Waals surface area contributed by atoms with E-state index in [9.17, 15) is 4.79 Å². The molecule has 5 heteroatoms. The summed E-state index contributed by atoms with van der Waals surface area (Å²) in [6, 6.07) is 5.42. The molecule has 0 fully saturated rings. The summed E-state index contributed by atoms with van der Waals surface area (Å²) in [5, 5.41) is 0. The molecule has 18 heavy (non-hydrogen) atoms. The van der Waals surface area contributed by atoms with E-state index in [4.69, 9.17) is 4.74 Å². The predicted octanol–water partition coefficient (Wildman–Crippen LogP) is 3.00. The van der Waals surface area contributed by atoms with E-state index in [-0.39, 0.29) is 5.97 Å². The highest BCUT2D eigenvalue weighted by Crippen LogP contribution is 2.20. The highest BCUT2D eigenvalue weighted by molar-refractivity contribution is 9.10. The van der Waals surface area contributed by atoms with Crippen LogP contribution >= 0.6 is 15.9 Å². The average molecular weight is 307 g/mol. The van der Waals surface area contributed by atoms with Gasteiger partial charge in [-0.1, -0.05) is 0 Å². The Hall–Kier alpha value is -1.75. The molecule has 0 radical (unpaired) electrons. The van der Waals surface area contributed by atoms with Gasteiger partial charge in [-0.2, -0.15) is 0 Å². The van der Waals surface area contributed by atoms with Gasteiger partial charge in [0.05, 0.1) is 17.1 Å². The molecule has 1 heterocycles. The number of rotatable bonds is 2. The summed E-state index contributed by atoms with van der Waals surface area (Å²) in [5.74, 6) is 0.212. The Bertz CT molecular complexity index is 582. The number of aromatic nitrogens is 2. The largest absolute Gasteiger partial charge is 0.465 e. The number of carbonyl (C=O) groups excluding carboxylic acids is 1. The quantitative estimate of drug-likeness (QED) is 0.800. The van der Waals surface area contributed by atoms with Crippen molar-refractivity contribution in [2.45, 2.75) is 6.92 Å². The Morgan fingerprint density at radius 1 is 1.22 bits per heavy atom. The fraction of sp³-hybridized carbons (Fsp3) is 0.154. The number of carbonyl (C=O) groups is 1. The molecule has 92 valence electrons. The molecule has 0 saturated carbocycles. The second kappa shape index (κ2) is 5.27. The third kappa shape index (κ3) is 2.73. The lowest BCUT2D eigenvalue weighted by molar-refractivity contribution is 0.0600. The lowest BCUT2D eigenvalue weighted by atomic mass is 10.1. The van der Waals surface area contributed by atoms with Crippen molar-refractivity contribution >= 4 is 21.9 Å². The van der Waals surface area contributed by atoms with Crippen LogP contribution in [0.1, 0.15) is 15.9 Å². The third-order valence-corrected chi connectivity index (χ3v) is 2.79. The number of ether oxygens (including phenoxy) is 1. The first kappa shape index (κ1) is 12.7. The highest BCUT2D eigenvalue weighted by Gasteiger charge is 2.09. The summed E-state index contributed by atoms with van der Waals surface area (Å²) >= 11 is 3.28. The van der Waals surface area contributed by atoms with Gasteiger partial charge in [-0.15, -0.1) is 0 Å². The summed E-state index contributed by atoms with van der Waals surface area (Å²) in [4.78, 5) is 19.9. The number of hydrogen-bond donors (Lipinski definition) is 0. The number of aryl methyl sites for hydroxylation is 1. The van der Waals surface area contributed by atoms with Crippen molar-refractivity contribution in [2.75, 3.05) is 7.11 Å². The first-order chi connectivity index (χ1) is 8.60. The Morgan fingerprint density at radius 2 is 1.89 bits per heavy atom. The Kier molecular flexibility index (Phi) is 3.72. The van der Waals surface area contributed by atoms with Gasteiger partial charge >= 0.3 is 5.97 Å². The van der Waals surface area contributed by atoms with Crippen LogP contribution in [0.15, 0.2) is 35.1 Å². The molecule has 2 aromatic rings. The zero-order valence-electron chi connectivity index (χ0n) is 9.98. The molecule has 0 atom stereocenters. The van der Waals surface area contributed by atoms with E-state index in [2.05, 4.69) is 25.9 Å². The predicted molar refractivity (Wildman–Crippen MR) is 71.2 cm³/mol. The van der Waals surface area contributed by atoms with Gasteiger partial charge in [0.2, 0.25) is 0 Å². The number of halogens is 1. The van der Waals surface area contributed by atoms with Gasteiger partial charge in [0, 0.05) is 18.0 Å². The van der Waals surface area contributed by atoms with Gasteiger partial charge < -0.3 is 4.74 Å².